The number of nitrogens with one attached hydrogen (secondary N) is 1. The first-order valence-electron chi connectivity index (χ1n) is 10.2. The first-order chi connectivity index (χ1) is 13.7. The highest BCUT2D eigenvalue weighted by Crippen LogP contribution is 2.14. The number of methoxy groups -OCH3 is 1. The van der Waals surface area contributed by atoms with Crippen LogP contribution in [0.25, 0.3) is 0 Å². The number of nitrogens with zero attached hydrogens (tertiary/aromatic N) is 2. The summed E-state index contributed by atoms with van der Waals surface area (Å²) in [4.78, 5) is 7.03. The molecule has 1 aliphatic rings. The molecule has 29 heavy (non-hydrogen) atoms. The highest BCUT2D eigenvalue weighted by atomic mass is 127. The Morgan fingerprint density at radius 3 is 2.52 bits per heavy atom. The Balaban J connectivity index is 0.00000420. The minimum absolute atomic E-state index is 0. The van der Waals surface area contributed by atoms with E-state index in [4.69, 9.17) is 19.2 Å². The highest BCUT2D eigenvalue weighted by Gasteiger charge is 2.21. The van der Waals surface area contributed by atoms with Crippen LogP contribution in [-0.2, 0) is 9.47 Å². The average molecular weight is 523 g/mol. The Bertz CT molecular complexity index is 567. The van der Waals surface area contributed by atoms with Gasteiger partial charge in [-0.15, -0.1) is 24.0 Å². The fraction of sp³-hybridized carbons (Fsp3) is 0.667. The second-order valence-corrected chi connectivity index (χ2v) is 6.80. The zero-order valence-corrected chi connectivity index (χ0v) is 19.9. The molecule has 0 spiro atoms. The molecule has 0 amide bonds. The fourth-order valence-corrected chi connectivity index (χ4v) is 3.08. The van der Waals surface area contributed by atoms with E-state index in [1.54, 1.807) is 19.2 Å². The topological polar surface area (TPSA) is 55.3 Å². The third-order valence-corrected chi connectivity index (χ3v) is 4.57. The van der Waals surface area contributed by atoms with Gasteiger partial charge in [-0.1, -0.05) is 0 Å². The molecule has 1 heterocycles. The van der Waals surface area contributed by atoms with E-state index in [1.165, 1.54) is 12.1 Å². The SMILES string of the molecule is CCNC(=NCCCOc1ccc(F)cc1)N1CCC(OCCCOC)CC1.I. The van der Waals surface area contributed by atoms with Crippen LogP contribution in [0.15, 0.2) is 29.3 Å². The summed E-state index contributed by atoms with van der Waals surface area (Å²) in [6, 6.07) is 6.09. The third kappa shape index (κ3) is 10.5. The second-order valence-electron chi connectivity index (χ2n) is 6.80. The molecule has 6 nitrogen and oxygen atoms in total. The molecule has 2 rings (SSSR count). The number of hydrogen-bond acceptors (Lipinski definition) is 4. The summed E-state index contributed by atoms with van der Waals surface area (Å²) < 4.78 is 29.5. The van der Waals surface area contributed by atoms with Crippen molar-refractivity contribution in [2.24, 2.45) is 4.99 Å². The van der Waals surface area contributed by atoms with Gasteiger partial charge in [0, 0.05) is 52.9 Å². The molecule has 1 aromatic carbocycles. The number of benzene rings is 1. The van der Waals surface area contributed by atoms with Crippen molar-refractivity contribution in [2.45, 2.75) is 38.7 Å². The van der Waals surface area contributed by atoms with Gasteiger partial charge < -0.3 is 24.4 Å². The summed E-state index contributed by atoms with van der Waals surface area (Å²) >= 11 is 0. The average Bonchev–Trinajstić information content (AvgIpc) is 2.72. The van der Waals surface area contributed by atoms with E-state index in [2.05, 4.69) is 17.1 Å². The molecule has 8 heteroatoms. The van der Waals surface area contributed by atoms with Crippen molar-refractivity contribution in [1.29, 1.82) is 0 Å². The number of guanidine groups is 1. The lowest BCUT2D eigenvalue weighted by Gasteiger charge is -2.34. The van der Waals surface area contributed by atoms with E-state index in [0.29, 0.717) is 25.0 Å². The minimum atomic E-state index is -0.253. The number of likely N-dealkylation sites (tertiary alicyclic amines) is 1. The van der Waals surface area contributed by atoms with E-state index in [-0.39, 0.29) is 29.8 Å². The van der Waals surface area contributed by atoms with Crippen LogP contribution in [0.1, 0.15) is 32.6 Å². The molecule has 0 aliphatic carbocycles. The lowest BCUT2D eigenvalue weighted by molar-refractivity contribution is 0.00990. The maximum absolute atomic E-state index is 12.9. The van der Waals surface area contributed by atoms with Crippen LogP contribution < -0.4 is 10.1 Å². The van der Waals surface area contributed by atoms with Crippen molar-refractivity contribution < 1.29 is 18.6 Å². The van der Waals surface area contributed by atoms with Crippen molar-refractivity contribution in [3.8, 4) is 5.75 Å². The quantitative estimate of drug-likeness (QED) is 0.208. The van der Waals surface area contributed by atoms with Gasteiger partial charge in [0.15, 0.2) is 5.96 Å². The largest absolute Gasteiger partial charge is 0.494 e. The molecule has 1 saturated heterocycles. The molecule has 0 radical (unpaired) electrons. The highest BCUT2D eigenvalue weighted by molar-refractivity contribution is 14.0. The zero-order chi connectivity index (χ0) is 20.0. The van der Waals surface area contributed by atoms with Crippen LogP contribution >= 0.6 is 24.0 Å². The Hall–Kier alpha value is -1.13. The van der Waals surface area contributed by atoms with Crippen molar-refractivity contribution in [2.75, 3.05) is 53.1 Å². The molecule has 0 atom stereocenters. The molecule has 0 unspecified atom stereocenters. The van der Waals surface area contributed by atoms with Gasteiger partial charge in [-0.25, -0.2) is 4.39 Å². The molecule has 0 bridgehead atoms. The summed E-state index contributed by atoms with van der Waals surface area (Å²) in [7, 11) is 1.72. The van der Waals surface area contributed by atoms with Gasteiger partial charge in [0.2, 0.25) is 0 Å². The fourth-order valence-electron chi connectivity index (χ4n) is 3.08. The van der Waals surface area contributed by atoms with Crippen LogP contribution in [0.2, 0.25) is 0 Å². The predicted molar refractivity (Wildman–Crippen MR) is 125 cm³/mol. The number of rotatable bonds is 11. The maximum atomic E-state index is 12.9. The number of piperidine rings is 1. The minimum Gasteiger partial charge on any atom is -0.494 e. The maximum Gasteiger partial charge on any atom is 0.193 e. The third-order valence-electron chi connectivity index (χ3n) is 4.57. The summed E-state index contributed by atoms with van der Waals surface area (Å²) in [5.41, 5.74) is 0. The van der Waals surface area contributed by atoms with E-state index in [1.807, 2.05) is 0 Å². The van der Waals surface area contributed by atoms with Crippen LogP contribution in [0, 0.1) is 5.82 Å². The van der Waals surface area contributed by atoms with E-state index >= 15 is 0 Å². The van der Waals surface area contributed by atoms with Crippen LogP contribution in [0.3, 0.4) is 0 Å². The van der Waals surface area contributed by atoms with Crippen molar-refractivity contribution in [1.82, 2.24) is 10.2 Å². The molecule has 1 aliphatic heterocycles. The molecular formula is C21H35FIN3O3. The van der Waals surface area contributed by atoms with Gasteiger partial charge in [-0.05, 0) is 50.5 Å². The molecule has 0 aromatic heterocycles. The van der Waals surface area contributed by atoms with Crippen molar-refractivity contribution in [3.63, 3.8) is 0 Å². The lowest BCUT2D eigenvalue weighted by Crippen LogP contribution is -2.47. The summed E-state index contributed by atoms with van der Waals surface area (Å²) in [6.07, 6.45) is 4.13. The number of ether oxygens (including phenoxy) is 3. The number of aliphatic imine (C=N–C) groups is 1. The molecule has 0 saturated carbocycles. The first kappa shape index (κ1) is 25.9. The Morgan fingerprint density at radius 1 is 1.14 bits per heavy atom. The van der Waals surface area contributed by atoms with Gasteiger partial charge >= 0.3 is 0 Å². The Morgan fingerprint density at radius 2 is 1.86 bits per heavy atom. The van der Waals surface area contributed by atoms with E-state index in [0.717, 1.165) is 64.5 Å². The second kappa shape index (κ2) is 15.7. The summed E-state index contributed by atoms with van der Waals surface area (Å²) in [5, 5.41) is 3.38. The smallest absolute Gasteiger partial charge is 0.193 e. The lowest BCUT2D eigenvalue weighted by atomic mass is 10.1. The molecule has 166 valence electrons. The van der Waals surface area contributed by atoms with Gasteiger partial charge in [-0.2, -0.15) is 0 Å². The van der Waals surface area contributed by atoms with Crippen molar-refractivity contribution >= 4 is 29.9 Å². The van der Waals surface area contributed by atoms with Crippen LogP contribution in [0.5, 0.6) is 5.75 Å². The van der Waals surface area contributed by atoms with Gasteiger partial charge in [0.05, 0.1) is 12.7 Å². The standard InChI is InChI=1S/C21H34FN3O3.HI/c1-3-23-21(24-12-4-16-27-19-8-6-18(22)7-9-19)25-13-10-20(11-14-25)28-17-5-15-26-2;/h6-9,20H,3-5,10-17H2,1-2H3,(H,23,24);1H. The van der Waals surface area contributed by atoms with Gasteiger partial charge in [0.1, 0.15) is 11.6 Å². The normalized spacial score (nSPS) is 15.1. The summed E-state index contributed by atoms with van der Waals surface area (Å²) in [6.45, 7) is 7.60. The van der Waals surface area contributed by atoms with Crippen molar-refractivity contribution in [3.05, 3.63) is 30.1 Å². The first-order valence-corrected chi connectivity index (χ1v) is 10.2. The van der Waals surface area contributed by atoms with Gasteiger partial charge in [-0.3, -0.25) is 4.99 Å². The molecule has 1 N–H and O–H groups in total. The van der Waals surface area contributed by atoms with Crippen LogP contribution in [0.4, 0.5) is 4.39 Å². The molecule has 1 fully saturated rings. The van der Waals surface area contributed by atoms with Crippen LogP contribution in [-0.4, -0.2) is 70.1 Å². The van der Waals surface area contributed by atoms with E-state index in [9.17, 15) is 4.39 Å². The Kier molecular flexibility index (Phi) is 14.0. The molecular weight excluding hydrogens is 488 g/mol. The zero-order valence-electron chi connectivity index (χ0n) is 17.6. The number of halogens is 2. The Labute approximate surface area is 191 Å². The molecule has 1 aromatic rings. The summed E-state index contributed by atoms with van der Waals surface area (Å²) in [5.74, 6) is 1.39. The monoisotopic (exact) mass is 523 g/mol. The predicted octanol–water partition coefficient (Wildman–Crippen LogP) is 3.70. The van der Waals surface area contributed by atoms with E-state index < -0.39 is 0 Å². The number of hydrogen-bond donors (Lipinski definition) is 1. The van der Waals surface area contributed by atoms with Gasteiger partial charge in [0.25, 0.3) is 0 Å².